The lowest BCUT2D eigenvalue weighted by molar-refractivity contribution is -0.386. The predicted molar refractivity (Wildman–Crippen MR) is 112 cm³/mol. The summed E-state index contributed by atoms with van der Waals surface area (Å²) >= 11 is 0. The van der Waals surface area contributed by atoms with Crippen LogP contribution in [0.3, 0.4) is 0 Å². The number of hydrogen-bond donors (Lipinski definition) is 0. The van der Waals surface area contributed by atoms with E-state index >= 15 is 0 Å². The first-order valence-corrected chi connectivity index (χ1v) is 10.8. The third-order valence-corrected chi connectivity index (χ3v) is 4.69. The molecule has 1 rings (SSSR count). The topological polar surface area (TPSA) is 174 Å². The molecule has 0 N–H and O–H groups in total. The summed E-state index contributed by atoms with van der Waals surface area (Å²) < 4.78 is 17.9. The van der Waals surface area contributed by atoms with Crippen LogP contribution >= 0.6 is 0 Å². The van der Waals surface area contributed by atoms with Crippen molar-refractivity contribution in [3.8, 4) is 0 Å². The number of nitrogens with zero attached hydrogens (tertiary/aromatic N) is 9. The van der Waals surface area contributed by atoms with E-state index in [1.165, 1.54) is 0 Å². The molecule has 0 atom stereocenters. The molecule has 1 saturated heterocycles. The van der Waals surface area contributed by atoms with Crippen molar-refractivity contribution in [3.63, 3.8) is 0 Å². The third kappa shape index (κ3) is 13.9. The van der Waals surface area contributed by atoms with E-state index in [4.69, 9.17) is 30.8 Å². The molecule has 1 aliphatic heterocycles. The van der Waals surface area contributed by atoms with Gasteiger partial charge in [-0.25, -0.2) is 0 Å². The lowest BCUT2D eigenvalue weighted by Crippen LogP contribution is -2.40. The van der Waals surface area contributed by atoms with Crippen LogP contribution in [0.4, 0.5) is 0 Å². The highest BCUT2D eigenvalue weighted by atomic mass is 16.9. The summed E-state index contributed by atoms with van der Waals surface area (Å²) in [5, 5.41) is 10.6. The van der Waals surface area contributed by atoms with E-state index in [2.05, 4.69) is 30.1 Å². The first kappa shape index (κ1) is 25.8. The molecule has 0 aromatic carbocycles. The van der Waals surface area contributed by atoms with Crippen molar-refractivity contribution in [1.82, 2.24) is 0 Å². The van der Waals surface area contributed by atoms with Gasteiger partial charge in [-0.05, 0) is 74.4 Å². The maximum atomic E-state index is 8.31. The fourth-order valence-electron chi connectivity index (χ4n) is 3.16. The van der Waals surface area contributed by atoms with Crippen LogP contribution in [0.15, 0.2) is 15.3 Å². The van der Waals surface area contributed by atoms with Gasteiger partial charge in [0, 0.05) is 34.4 Å². The number of ether oxygens (including phenoxy) is 3. The number of hydrogen-bond acceptors (Lipinski definition) is 6. The van der Waals surface area contributed by atoms with Gasteiger partial charge in [0.2, 0.25) is 0 Å². The zero-order chi connectivity index (χ0) is 21.7. The van der Waals surface area contributed by atoms with E-state index in [9.17, 15) is 0 Å². The van der Waals surface area contributed by atoms with Gasteiger partial charge in [-0.1, -0.05) is 34.6 Å². The quantitative estimate of drug-likeness (QED) is 0.104. The molecule has 0 saturated carbocycles. The summed E-state index contributed by atoms with van der Waals surface area (Å²) in [6.07, 6.45) is 9.70. The summed E-state index contributed by atoms with van der Waals surface area (Å²) in [6, 6.07) is 0. The summed E-state index contributed by atoms with van der Waals surface area (Å²) in [4.78, 5) is 8.28. The van der Waals surface area contributed by atoms with Gasteiger partial charge in [-0.2, -0.15) is 0 Å². The second kappa shape index (κ2) is 18.8. The van der Waals surface area contributed by atoms with Gasteiger partial charge >= 0.3 is 0 Å². The zero-order valence-corrected chi connectivity index (χ0v) is 17.6. The zero-order valence-electron chi connectivity index (χ0n) is 17.6. The average Bonchev–Trinajstić information content (AvgIpc) is 2.75. The van der Waals surface area contributed by atoms with Crippen LogP contribution in [0, 0.1) is 0 Å². The smallest absolute Gasteiger partial charge is 0.163 e. The summed E-state index contributed by atoms with van der Waals surface area (Å²) in [6.45, 7) is 1.55. The minimum atomic E-state index is -0.292. The SMILES string of the molecule is [N-]=[N+]=NCCCCCC1OC(CCCCCN=[N+]=[N-])OC(CCCCCN=[N+]=[N-])O1. The number of unbranched alkanes of at least 4 members (excludes halogenated alkanes) is 6. The second-order valence-corrected chi connectivity index (χ2v) is 7.11. The standard InChI is InChI=1S/C18H33N9O3/c19-25-22-13-7-1-4-10-16-28-17(11-5-2-8-14-23-26-20)30-18(29-16)12-6-3-9-15-24-27-21/h16-18H,1-15H2. The van der Waals surface area contributed by atoms with Crippen molar-refractivity contribution >= 4 is 0 Å². The van der Waals surface area contributed by atoms with E-state index in [-0.39, 0.29) is 18.9 Å². The molecule has 0 aromatic heterocycles. The van der Waals surface area contributed by atoms with Crippen molar-refractivity contribution in [3.05, 3.63) is 31.3 Å². The molecule has 0 radical (unpaired) electrons. The van der Waals surface area contributed by atoms with Gasteiger partial charge in [0.15, 0.2) is 18.9 Å². The molecule has 30 heavy (non-hydrogen) atoms. The molecule has 1 heterocycles. The summed E-state index contributed by atoms with van der Waals surface area (Å²) in [5.74, 6) is 0. The van der Waals surface area contributed by atoms with Crippen LogP contribution in [0.25, 0.3) is 31.3 Å². The normalized spacial score (nSPS) is 20.6. The van der Waals surface area contributed by atoms with Gasteiger partial charge < -0.3 is 14.2 Å². The highest BCUT2D eigenvalue weighted by Crippen LogP contribution is 2.26. The van der Waals surface area contributed by atoms with Crippen LogP contribution in [-0.2, 0) is 14.2 Å². The monoisotopic (exact) mass is 423 g/mol. The van der Waals surface area contributed by atoms with E-state index in [0.29, 0.717) is 19.6 Å². The minimum absolute atomic E-state index is 0.292. The van der Waals surface area contributed by atoms with Crippen molar-refractivity contribution in [2.75, 3.05) is 19.6 Å². The molecular weight excluding hydrogens is 390 g/mol. The molecule has 0 aliphatic carbocycles. The predicted octanol–water partition coefficient (Wildman–Crippen LogP) is 6.64. The second-order valence-electron chi connectivity index (χ2n) is 7.11. The Morgan fingerprint density at radius 2 is 0.767 bits per heavy atom. The molecule has 0 amide bonds. The molecule has 1 aliphatic rings. The first-order chi connectivity index (χ1) is 14.8. The molecule has 0 unspecified atom stereocenters. The lowest BCUT2D eigenvalue weighted by atomic mass is 10.1. The van der Waals surface area contributed by atoms with Crippen molar-refractivity contribution < 1.29 is 14.2 Å². The molecule has 0 spiro atoms. The van der Waals surface area contributed by atoms with Crippen molar-refractivity contribution in [2.24, 2.45) is 15.3 Å². The summed E-state index contributed by atoms with van der Waals surface area (Å²) in [7, 11) is 0. The maximum absolute atomic E-state index is 8.31. The Labute approximate surface area is 177 Å². The van der Waals surface area contributed by atoms with Crippen LogP contribution in [0.2, 0.25) is 0 Å². The van der Waals surface area contributed by atoms with Crippen LogP contribution < -0.4 is 0 Å². The van der Waals surface area contributed by atoms with Crippen LogP contribution in [0.5, 0.6) is 0 Å². The fourth-order valence-corrected chi connectivity index (χ4v) is 3.16. The van der Waals surface area contributed by atoms with Crippen LogP contribution in [0.1, 0.15) is 77.0 Å². The Bertz CT molecular complexity index is 501. The largest absolute Gasteiger partial charge is 0.324 e. The van der Waals surface area contributed by atoms with E-state index in [1.807, 2.05) is 0 Å². The number of azide groups is 3. The minimum Gasteiger partial charge on any atom is -0.324 e. The summed E-state index contributed by atoms with van der Waals surface area (Å²) in [5.41, 5.74) is 24.9. The van der Waals surface area contributed by atoms with E-state index in [1.54, 1.807) is 0 Å². The first-order valence-electron chi connectivity index (χ1n) is 10.8. The molecule has 12 nitrogen and oxygen atoms in total. The molecule has 1 fully saturated rings. The Balaban J connectivity index is 2.36. The van der Waals surface area contributed by atoms with E-state index in [0.717, 1.165) is 77.0 Å². The average molecular weight is 424 g/mol. The molecule has 12 heteroatoms. The highest BCUT2D eigenvalue weighted by Gasteiger charge is 2.29. The third-order valence-electron chi connectivity index (χ3n) is 4.69. The van der Waals surface area contributed by atoms with Gasteiger partial charge in [-0.15, -0.1) is 0 Å². The number of rotatable bonds is 18. The van der Waals surface area contributed by atoms with Gasteiger partial charge in [-0.3, -0.25) is 0 Å². The Kier molecular flexibility index (Phi) is 16.2. The maximum Gasteiger partial charge on any atom is 0.163 e. The van der Waals surface area contributed by atoms with Crippen molar-refractivity contribution in [2.45, 2.75) is 95.9 Å². The van der Waals surface area contributed by atoms with Crippen LogP contribution in [-0.4, -0.2) is 38.5 Å². The lowest BCUT2D eigenvalue weighted by Gasteiger charge is -2.36. The Hall–Kier alpha value is -2.19. The fraction of sp³-hybridized carbons (Fsp3) is 1.00. The Morgan fingerprint density at radius 3 is 1.03 bits per heavy atom. The highest BCUT2D eigenvalue weighted by molar-refractivity contribution is 4.62. The molecular formula is C18H33N9O3. The van der Waals surface area contributed by atoms with E-state index < -0.39 is 0 Å². The van der Waals surface area contributed by atoms with Gasteiger partial charge in [0.25, 0.3) is 0 Å². The molecule has 168 valence electrons. The van der Waals surface area contributed by atoms with Crippen molar-refractivity contribution in [1.29, 1.82) is 0 Å². The van der Waals surface area contributed by atoms with Gasteiger partial charge in [0.05, 0.1) is 0 Å². The Morgan fingerprint density at radius 1 is 0.467 bits per heavy atom. The molecule has 0 aromatic rings. The molecule has 0 bridgehead atoms. The van der Waals surface area contributed by atoms with Gasteiger partial charge in [0.1, 0.15) is 0 Å².